The van der Waals surface area contributed by atoms with E-state index in [4.69, 9.17) is 4.74 Å². The van der Waals surface area contributed by atoms with E-state index < -0.39 is 0 Å². The first kappa shape index (κ1) is 12.4. The summed E-state index contributed by atoms with van der Waals surface area (Å²) in [5, 5.41) is 3.25. The number of methoxy groups -OCH3 is 1. The fourth-order valence-corrected chi connectivity index (χ4v) is 1.76. The first-order valence-electron chi connectivity index (χ1n) is 5.75. The van der Waals surface area contributed by atoms with Gasteiger partial charge in [0.1, 0.15) is 6.33 Å². The third-order valence-corrected chi connectivity index (χ3v) is 2.77. The number of hydrogen-bond donors (Lipinski definition) is 1. The third kappa shape index (κ3) is 3.01. The summed E-state index contributed by atoms with van der Waals surface area (Å²) >= 11 is 0. The van der Waals surface area contributed by atoms with Gasteiger partial charge in [0.25, 0.3) is 0 Å². The molecule has 0 radical (unpaired) electrons. The van der Waals surface area contributed by atoms with Crippen LogP contribution in [-0.2, 0) is 6.42 Å². The molecule has 0 saturated heterocycles. The van der Waals surface area contributed by atoms with E-state index in [0.717, 1.165) is 12.1 Å². The molecule has 0 aliphatic carbocycles. The molecule has 2 aromatic rings. The van der Waals surface area contributed by atoms with Crippen LogP contribution in [0.5, 0.6) is 5.88 Å². The third-order valence-electron chi connectivity index (χ3n) is 2.77. The van der Waals surface area contributed by atoms with Gasteiger partial charge in [0.15, 0.2) is 0 Å². The SMILES string of the molecule is CNC(Cc1ccncc1)c1cc(OC)ncn1. The number of ether oxygens (including phenoxy) is 1. The van der Waals surface area contributed by atoms with Crippen LogP contribution in [0.1, 0.15) is 17.3 Å². The maximum Gasteiger partial charge on any atom is 0.216 e. The molecule has 0 fully saturated rings. The van der Waals surface area contributed by atoms with Gasteiger partial charge < -0.3 is 10.1 Å². The second kappa shape index (κ2) is 6.07. The molecule has 2 heterocycles. The van der Waals surface area contributed by atoms with Crippen LogP contribution in [0.3, 0.4) is 0 Å². The number of pyridine rings is 1. The van der Waals surface area contributed by atoms with Crippen LogP contribution in [0, 0.1) is 0 Å². The molecule has 5 nitrogen and oxygen atoms in total. The van der Waals surface area contributed by atoms with Gasteiger partial charge in [-0.25, -0.2) is 9.97 Å². The molecule has 0 aliphatic rings. The van der Waals surface area contributed by atoms with Gasteiger partial charge in [0.05, 0.1) is 18.8 Å². The Morgan fingerprint density at radius 1 is 1.28 bits per heavy atom. The Labute approximate surface area is 106 Å². The Morgan fingerprint density at radius 2 is 2.06 bits per heavy atom. The largest absolute Gasteiger partial charge is 0.481 e. The Bertz CT molecular complexity index is 489. The summed E-state index contributed by atoms with van der Waals surface area (Å²) in [5.74, 6) is 0.579. The molecular formula is C13H16N4O. The van der Waals surface area contributed by atoms with Crippen molar-refractivity contribution in [2.24, 2.45) is 0 Å². The molecule has 1 atom stereocenters. The summed E-state index contributed by atoms with van der Waals surface area (Å²) in [5.41, 5.74) is 2.13. The van der Waals surface area contributed by atoms with Crippen molar-refractivity contribution >= 4 is 0 Å². The number of nitrogens with one attached hydrogen (secondary N) is 1. The Balaban J connectivity index is 2.17. The highest BCUT2D eigenvalue weighted by Crippen LogP contribution is 2.18. The highest BCUT2D eigenvalue weighted by Gasteiger charge is 2.12. The second-order valence-electron chi connectivity index (χ2n) is 3.89. The van der Waals surface area contributed by atoms with Crippen molar-refractivity contribution in [3.05, 3.63) is 48.2 Å². The fraction of sp³-hybridized carbons (Fsp3) is 0.308. The maximum absolute atomic E-state index is 5.11. The van der Waals surface area contributed by atoms with E-state index in [2.05, 4.69) is 20.3 Å². The number of rotatable bonds is 5. The highest BCUT2D eigenvalue weighted by atomic mass is 16.5. The fourth-order valence-electron chi connectivity index (χ4n) is 1.76. The van der Waals surface area contributed by atoms with Crippen molar-refractivity contribution in [3.8, 4) is 5.88 Å². The van der Waals surface area contributed by atoms with Gasteiger partial charge in [-0.2, -0.15) is 0 Å². The summed E-state index contributed by atoms with van der Waals surface area (Å²) in [6.07, 6.45) is 5.95. The van der Waals surface area contributed by atoms with E-state index in [1.807, 2.05) is 25.2 Å². The van der Waals surface area contributed by atoms with Crippen LogP contribution in [-0.4, -0.2) is 29.1 Å². The lowest BCUT2D eigenvalue weighted by Gasteiger charge is -2.15. The first-order chi connectivity index (χ1) is 8.83. The quantitative estimate of drug-likeness (QED) is 0.861. The molecule has 94 valence electrons. The predicted molar refractivity (Wildman–Crippen MR) is 68.3 cm³/mol. The summed E-state index contributed by atoms with van der Waals surface area (Å²) in [6.45, 7) is 0. The van der Waals surface area contributed by atoms with Gasteiger partial charge in [0, 0.05) is 18.5 Å². The summed E-state index contributed by atoms with van der Waals surface area (Å²) in [4.78, 5) is 12.3. The van der Waals surface area contributed by atoms with Crippen molar-refractivity contribution in [2.45, 2.75) is 12.5 Å². The average Bonchev–Trinajstić information content (AvgIpc) is 2.46. The van der Waals surface area contributed by atoms with Gasteiger partial charge in [-0.05, 0) is 31.2 Å². The molecule has 0 aliphatic heterocycles. The van der Waals surface area contributed by atoms with Crippen LogP contribution in [0.25, 0.3) is 0 Å². The lowest BCUT2D eigenvalue weighted by atomic mass is 10.0. The Morgan fingerprint density at radius 3 is 2.72 bits per heavy atom. The topological polar surface area (TPSA) is 59.9 Å². The number of hydrogen-bond acceptors (Lipinski definition) is 5. The monoisotopic (exact) mass is 244 g/mol. The minimum absolute atomic E-state index is 0.129. The molecule has 0 saturated carbocycles. The van der Waals surface area contributed by atoms with E-state index >= 15 is 0 Å². The molecular weight excluding hydrogens is 228 g/mol. The lowest BCUT2D eigenvalue weighted by Crippen LogP contribution is -2.20. The summed E-state index contributed by atoms with van der Waals surface area (Å²) < 4.78 is 5.11. The second-order valence-corrected chi connectivity index (χ2v) is 3.89. The molecule has 1 unspecified atom stereocenters. The maximum atomic E-state index is 5.11. The van der Waals surface area contributed by atoms with Gasteiger partial charge >= 0.3 is 0 Å². The minimum Gasteiger partial charge on any atom is -0.481 e. The Hall–Kier alpha value is -2.01. The Kier molecular flexibility index (Phi) is 4.20. The normalized spacial score (nSPS) is 12.1. The highest BCUT2D eigenvalue weighted by molar-refractivity contribution is 5.20. The van der Waals surface area contributed by atoms with Gasteiger partial charge in [-0.1, -0.05) is 0 Å². The van der Waals surface area contributed by atoms with Crippen LogP contribution in [0.2, 0.25) is 0 Å². The number of nitrogens with zero attached hydrogens (tertiary/aromatic N) is 3. The standard InChI is InChI=1S/C13H16N4O/c1-14-11(7-10-3-5-15-6-4-10)12-8-13(18-2)17-9-16-12/h3-6,8-9,11,14H,7H2,1-2H3. The zero-order valence-corrected chi connectivity index (χ0v) is 10.5. The minimum atomic E-state index is 0.129. The molecule has 2 rings (SSSR count). The van der Waals surface area contributed by atoms with Gasteiger partial charge in [0.2, 0.25) is 5.88 Å². The molecule has 0 bridgehead atoms. The molecule has 2 aromatic heterocycles. The average molecular weight is 244 g/mol. The summed E-state index contributed by atoms with van der Waals surface area (Å²) in [6, 6.07) is 5.98. The van der Waals surface area contributed by atoms with E-state index in [1.165, 1.54) is 11.9 Å². The number of aromatic nitrogens is 3. The van der Waals surface area contributed by atoms with E-state index in [-0.39, 0.29) is 6.04 Å². The molecule has 0 spiro atoms. The van der Waals surface area contributed by atoms with Crippen LogP contribution < -0.4 is 10.1 Å². The summed E-state index contributed by atoms with van der Waals surface area (Å²) in [7, 11) is 3.52. The zero-order valence-electron chi connectivity index (χ0n) is 10.5. The lowest BCUT2D eigenvalue weighted by molar-refractivity contribution is 0.394. The van der Waals surface area contributed by atoms with Crippen LogP contribution in [0.4, 0.5) is 0 Å². The predicted octanol–water partition coefficient (Wildman–Crippen LogP) is 1.38. The smallest absolute Gasteiger partial charge is 0.216 e. The zero-order chi connectivity index (χ0) is 12.8. The van der Waals surface area contributed by atoms with Crippen molar-refractivity contribution in [3.63, 3.8) is 0 Å². The van der Waals surface area contributed by atoms with Crippen LogP contribution in [0.15, 0.2) is 36.9 Å². The van der Waals surface area contributed by atoms with Gasteiger partial charge in [-0.3, -0.25) is 4.98 Å². The van der Waals surface area contributed by atoms with Crippen LogP contribution >= 0.6 is 0 Å². The first-order valence-corrected chi connectivity index (χ1v) is 5.75. The molecule has 5 heteroatoms. The van der Waals surface area contributed by atoms with E-state index in [9.17, 15) is 0 Å². The molecule has 18 heavy (non-hydrogen) atoms. The van der Waals surface area contributed by atoms with Gasteiger partial charge in [-0.15, -0.1) is 0 Å². The van der Waals surface area contributed by atoms with Crippen molar-refractivity contribution in [2.75, 3.05) is 14.2 Å². The molecule has 0 amide bonds. The van der Waals surface area contributed by atoms with Crippen molar-refractivity contribution < 1.29 is 4.74 Å². The number of likely N-dealkylation sites (N-methyl/N-ethyl adjacent to an activating group) is 1. The molecule has 0 aromatic carbocycles. The van der Waals surface area contributed by atoms with Crippen molar-refractivity contribution in [1.29, 1.82) is 0 Å². The van der Waals surface area contributed by atoms with E-state index in [1.54, 1.807) is 19.5 Å². The van der Waals surface area contributed by atoms with Crippen molar-refractivity contribution in [1.82, 2.24) is 20.3 Å². The van der Waals surface area contributed by atoms with E-state index in [0.29, 0.717) is 5.88 Å². The molecule has 1 N–H and O–H groups in total.